The van der Waals surface area contributed by atoms with E-state index in [0.29, 0.717) is 23.6 Å². The molecule has 0 aliphatic carbocycles. The van der Waals surface area contributed by atoms with Gasteiger partial charge in [0.1, 0.15) is 5.75 Å². The summed E-state index contributed by atoms with van der Waals surface area (Å²) in [4.78, 5) is 20.2. The van der Waals surface area contributed by atoms with Crippen LogP contribution in [-0.4, -0.2) is 38.0 Å². The van der Waals surface area contributed by atoms with Crippen molar-refractivity contribution in [3.8, 4) is 11.6 Å². The highest BCUT2D eigenvalue weighted by molar-refractivity contribution is 7.92. The molecule has 156 valence electrons. The molecule has 0 saturated heterocycles. The molecule has 0 aliphatic rings. The standard InChI is InChI=1S/C20H20N4O5S/c1-3-29-16-8-4-14(5-9-16)19(25)23-15-6-10-17(11-7-15)30(26,27)24-18-20(28-2)22-13-12-21-18/h4-13H,3H2,1-2H3,(H,21,24)(H,23,25). The van der Waals surface area contributed by atoms with Gasteiger partial charge in [0, 0.05) is 23.6 Å². The third kappa shape index (κ3) is 5.03. The van der Waals surface area contributed by atoms with Crippen LogP contribution < -0.4 is 19.5 Å². The van der Waals surface area contributed by atoms with E-state index >= 15 is 0 Å². The Balaban J connectivity index is 1.70. The van der Waals surface area contributed by atoms with Gasteiger partial charge in [0.15, 0.2) is 0 Å². The van der Waals surface area contributed by atoms with Crippen molar-refractivity contribution < 1.29 is 22.7 Å². The van der Waals surface area contributed by atoms with E-state index in [2.05, 4.69) is 20.0 Å². The molecule has 0 saturated carbocycles. The van der Waals surface area contributed by atoms with Gasteiger partial charge in [0.2, 0.25) is 5.82 Å². The summed E-state index contributed by atoms with van der Waals surface area (Å²) in [5.41, 5.74) is 0.900. The van der Waals surface area contributed by atoms with Crippen LogP contribution in [0.4, 0.5) is 11.5 Å². The summed E-state index contributed by atoms with van der Waals surface area (Å²) in [6, 6.07) is 12.5. The van der Waals surface area contributed by atoms with Gasteiger partial charge in [-0.15, -0.1) is 0 Å². The zero-order valence-corrected chi connectivity index (χ0v) is 17.1. The molecule has 3 rings (SSSR count). The van der Waals surface area contributed by atoms with Gasteiger partial charge in [0.25, 0.3) is 21.8 Å². The van der Waals surface area contributed by atoms with Gasteiger partial charge in [0.05, 0.1) is 18.6 Å². The molecule has 3 aromatic rings. The van der Waals surface area contributed by atoms with Crippen LogP contribution in [0, 0.1) is 0 Å². The topological polar surface area (TPSA) is 120 Å². The van der Waals surface area contributed by atoms with E-state index in [1.54, 1.807) is 24.3 Å². The highest BCUT2D eigenvalue weighted by atomic mass is 32.2. The number of nitrogens with zero attached hydrogens (tertiary/aromatic N) is 2. The van der Waals surface area contributed by atoms with Gasteiger partial charge in [-0.2, -0.15) is 0 Å². The second kappa shape index (κ2) is 9.23. The van der Waals surface area contributed by atoms with Crippen LogP contribution in [0.5, 0.6) is 11.6 Å². The molecule has 0 atom stereocenters. The summed E-state index contributed by atoms with van der Waals surface area (Å²) in [5.74, 6) is 0.389. The highest BCUT2D eigenvalue weighted by Gasteiger charge is 2.18. The predicted octanol–water partition coefficient (Wildman–Crippen LogP) is 2.94. The molecule has 9 nitrogen and oxygen atoms in total. The Morgan fingerprint density at radius 2 is 1.67 bits per heavy atom. The van der Waals surface area contributed by atoms with Crippen LogP contribution >= 0.6 is 0 Å². The molecule has 0 spiro atoms. The third-order valence-corrected chi connectivity index (χ3v) is 5.29. The van der Waals surface area contributed by atoms with Gasteiger partial charge >= 0.3 is 0 Å². The summed E-state index contributed by atoms with van der Waals surface area (Å²) >= 11 is 0. The predicted molar refractivity (Wildman–Crippen MR) is 111 cm³/mol. The van der Waals surface area contributed by atoms with E-state index < -0.39 is 10.0 Å². The maximum Gasteiger partial charge on any atom is 0.263 e. The molecular formula is C20H20N4O5S. The first kappa shape index (κ1) is 21.1. The number of amides is 1. The molecule has 30 heavy (non-hydrogen) atoms. The van der Waals surface area contributed by atoms with E-state index in [0.717, 1.165) is 0 Å². The lowest BCUT2D eigenvalue weighted by Gasteiger charge is -2.10. The first-order valence-corrected chi connectivity index (χ1v) is 10.4. The minimum Gasteiger partial charge on any atom is -0.494 e. The number of carbonyl (C=O) groups is 1. The minimum atomic E-state index is -3.91. The molecule has 2 aromatic carbocycles. The number of sulfonamides is 1. The lowest BCUT2D eigenvalue weighted by Crippen LogP contribution is -2.15. The number of nitrogens with one attached hydrogen (secondary N) is 2. The molecule has 2 N–H and O–H groups in total. The van der Waals surface area contributed by atoms with Gasteiger partial charge in [-0.05, 0) is 55.5 Å². The molecule has 0 radical (unpaired) electrons. The van der Waals surface area contributed by atoms with E-state index in [9.17, 15) is 13.2 Å². The van der Waals surface area contributed by atoms with Crippen molar-refractivity contribution in [2.75, 3.05) is 23.8 Å². The first-order valence-electron chi connectivity index (χ1n) is 8.95. The summed E-state index contributed by atoms with van der Waals surface area (Å²) in [6.07, 6.45) is 2.73. The smallest absolute Gasteiger partial charge is 0.263 e. The van der Waals surface area contributed by atoms with Crippen LogP contribution in [0.2, 0.25) is 0 Å². The number of carbonyl (C=O) groups excluding carboxylic acids is 1. The van der Waals surface area contributed by atoms with Crippen LogP contribution in [0.15, 0.2) is 65.8 Å². The molecule has 0 aliphatic heterocycles. The molecule has 1 aromatic heterocycles. The van der Waals surface area contributed by atoms with Crippen molar-refractivity contribution >= 4 is 27.4 Å². The monoisotopic (exact) mass is 428 g/mol. The molecule has 1 amide bonds. The maximum atomic E-state index is 12.6. The summed E-state index contributed by atoms with van der Waals surface area (Å²) in [5, 5.41) is 2.72. The second-order valence-corrected chi connectivity index (χ2v) is 7.64. The fourth-order valence-electron chi connectivity index (χ4n) is 2.52. The average molecular weight is 428 g/mol. The molecule has 1 heterocycles. The molecular weight excluding hydrogens is 408 g/mol. The molecule has 0 unspecified atom stereocenters. The Hall–Kier alpha value is -3.66. The number of methoxy groups -OCH3 is 1. The van der Waals surface area contributed by atoms with Gasteiger partial charge in [-0.3, -0.25) is 9.52 Å². The van der Waals surface area contributed by atoms with Crippen molar-refractivity contribution in [2.24, 2.45) is 0 Å². The number of hydrogen-bond acceptors (Lipinski definition) is 7. The number of rotatable bonds is 8. The normalized spacial score (nSPS) is 10.9. The largest absolute Gasteiger partial charge is 0.494 e. The lowest BCUT2D eigenvalue weighted by molar-refractivity contribution is 0.102. The average Bonchev–Trinajstić information content (AvgIpc) is 2.75. The number of anilines is 2. The first-order chi connectivity index (χ1) is 14.4. The fraction of sp³-hybridized carbons (Fsp3) is 0.150. The van der Waals surface area contributed by atoms with Gasteiger partial charge in [-0.25, -0.2) is 18.4 Å². The number of benzene rings is 2. The van der Waals surface area contributed by atoms with Crippen LogP contribution in [0.3, 0.4) is 0 Å². The number of hydrogen-bond donors (Lipinski definition) is 2. The van der Waals surface area contributed by atoms with Crippen molar-refractivity contribution in [3.63, 3.8) is 0 Å². The Kier molecular flexibility index (Phi) is 6.48. The Morgan fingerprint density at radius 1 is 1.00 bits per heavy atom. The Morgan fingerprint density at radius 3 is 2.30 bits per heavy atom. The SMILES string of the molecule is CCOc1ccc(C(=O)Nc2ccc(S(=O)(=O)Nc3nccnc3OC)cc2)cc1. The fourth-order valence-corrected chi connectivity index (χ4v) is 3.53. The van der Waals surface area contributed by atoms with Gasteiger partial charge < -0.3 is 14.8 Å². The van der Waals surface area contributed by atoms with E-state index in [-0.39, 0.29) is 22.5 Å². The van der Waals surface area contributed by atoms with Crippen LogP contribution in [-0.2, 0) is 10.0 Å². The zero-order chi connectivity index (χ0) is 21.6. The maximum absolute atomic E-state index is 12.6. The number of aromatic nitrogens is 2. The Labute approximate surface area is 174 Å². The van der Waals surface area contributed by atoms with Crippen molar-refractivity contribution in [1.82, 2.24) is 9.97 Å². The van der Waals surface area contributed by atoms with Crippen LogP contribution in [0.25, 0.3) is 0 Å². The molecule has 10 heteroatoms. The minimum absolute atomic E-state index is 0.00530. The third-order valence-electron chi connectivity index (χ3n) is 3.94. The van der Waals surface area contributed by atoms with E-state index in [1.165, 1.54) is 43.8 Å². The highest BCUT2D eigenvalue weighted by Crippen LogP contribution is 2.22. The second-order valence-electron chi connectivity index (χ2n) is 5.96. The van der Waals surface area contributed by atoms with Gasteiger partial charge in [-0.1, -0.05) is 0 Å². The van der Waals surface area contributed by atoms with Crippen molar-refractivity contribution in [3.05, 3.63) is 66.5 Å². The molecule has 0 fully saturated rings. The van der Waals surface area contributed by atoms with Crippen LogP contribution in [0.1, 0.15) is 17.3 Å². The Bertz CT molecular complexity index is 1120. The zero-order valence-electron chi connectivity index (χ0n) is 16.3. The quantitative estimate of drug-likeness (QED) is 0.566. The number of ether oxygens (including phenoxy) is 2. The van der Waals surface area contributed by atoms with Crippen molar-refractivity contribution in [1.29, 1.82) is 0 Å². The summed E-state index contributed by atoms with van der Waals surface area (Å²) < 4.78 is 37.8. The summed E-state index contributed by atoms with van der Waals surface area (Å²) in [6.45, 7) is 2.42. The van der Waals surface area contributed by atoms with E-state index in [4.69, 9.17) is 9.47 Å². The molecule has 0 bridgehead atoms. The summed E-state index contributed by atoms with van der Waals surface area (Å²) in [7, 11) is -2.55. The lowest BCUT2D eigenvalue weighted by atomic mass is 10.2. The van der Waals surface area contributed by atoms with Crippen molar-refractivity contribution in [2.45, 2.75) is 11.8 Å². The van der Waals surface area contributed by atoms with E-state index in [1.807, 2.05) is 6.92 Å².